The Kier molecular flexibility index (Phi) is 7.27. The van der Waals surface area contributed by atoms with Gasteiger partial charge in [0.15, 0.2) is 5.17 Å². The summed E-state index contributed by atoms with van der Waals surface area (Å²) in [4.78, 5) is 19.8. The van der Waals surface area contributed by atoms with Crippen molar-refractivity contribution in [1.29, 1.82) is 0 Å². The molecular weight excluding hydrogens is 476 g/mol. The highest BCUT2D eigenvalue weighted by molar-refractivity contribution is 9.10. The van der Waals surface area contributed by atoms with Crippen molar-refractivity contribution in [2.45, 2.75) is 13.8 Å². The molecule has 0 aliphatic carbocycles. The second kappa shape index (κ2) is 9.69. The van der Waals surface area contributed by atoms with E-state index in [1.165, 1.54) is 11.8 Å². The van der Waals surface area contributed by atoms with E-state index in [1.807, 2.05) is 44.2 Å². The van der Waals surface area contributed by atoms with E-state index < -0.39 is 0 Å². The minimum Gasteiger partial charge on any atom is -0.495 e. The minimum absolute atomic E-state index is 0.0969. The highest BCUT2D eigenvalue weighted by Crippen LogP contribution is 2.38. The van der Waals surface area contributed by atoms with Gasteiger partial charge in [0.2, 0.25) is 0 Å². The third-order valence-electron chi connectivity index (χ3n) is 4.10. The zero-order valence-corrected chi connectivity index (χ0v) is 19.4. The van der Waals surface area contributed by atoms with E-state index in [9.17, 15) is 4.79 Å². The van der Waals surface area contributed by atoms with Gasteiger partial charge in [-0.2, -0.15) is 0 Å². The van der Waals surface area contributed by atoms with Gasteiger partial charge in [-0.3, -0.25) is 9.69 Å². The van der Waals surface area contributed by atoms with Crippen LogP contribution in [-0.4, -0.2) is 36.2 Å². The van der Waals surface area contributed by atoms with E-state index in [0.717, 1.165) is 21.5 Å². The Labute approximate surface area is 187 Å². The van der Waals surface area contributed by atoms with Crippen molar-refractivity contribution in [3.8, 4) is 11.5 Å². The van der Waals surface area contributed by atoms with Crippen LogP contribution in [0, 0.1) is 0 Å². The molecule has 1 amide bonds. The molecule has 5 nitrogen and oxygen atoms in total. The van der Waals surface area contributed by atoms with Crippen molar-refractivity contribution < 1.29 is 14.3 Å². The molecule has 0 unspecified atom stereocenters. The SMILES string of the molecule is CCOc1ccc(N=C2S/C(=C/c3cc(Br)cc(Cl)c3OC)C(=O)N2CC)cc1. The Bertz CT molecular complexity index is 977. The molecule has 0 bridgehead atoms. The summed E-state index contributed by atoms with van der Waals surface area (Å²) in [5.74, 6) is 1.22. The molecule has 3 rings (SSSR count). The van der Waals surface area contributed by atoms with Gasteiger partial charge in [0, 0.05) is 16.6 Å². The molecule has 0 spiro atoms. The van der Waals surface area contributed by atoms with Gasteiger partial charge in [-0.1, -0.05) is 27.5 Å². The number of benzene rings is 2. The quantitative estimate of drug-likeness (QED) is 0.452. The summed E-state index contributed by atoms with van der Waals surface area (Å²) < 4.78 is 11.7. The molecule has 1 aliphatic heterocycles. The van der Waals surface area contributed by atoms with Crippen molar-refractivity contribution in [2.24, 2.45) is 4.99 Å². The summed E-state index contributed by atoms with van der Waals surface area (Å²) in [5, 5.41) is 1.10. The first-order chi connectivity index (χ1) is 14.0. The van der Waals surface area contributed by atoms with Crippen LogP contribution in [0.4, 0.5) is 5.69 Å². The summed E-state index contributed by atoms with van der Waals surface area (Å²) in [6.45, 7) is 5.00. The maximum atomic E-state index is 12.9. The number of amidine groups is 1. The number of halogens is 2. The van der Waals surface area contributed by atoms with Crippen LogP contribution in [0.5, 0.6) is 11.5 Å². The fourth-order valence-corrected chi connectivity index (χ4v) is 4.77. The topological polar surface area (TPSA) is 51.1 Å². The van der Waals surface area contributed by atoms with Crippen LogP contribution < -0.4 is 9.47 Å². The number of ether oxygens (including phenoxy) is 2. The Balaban J connectivity index is 1.94. The van der Waals surface area contributed by atoms with E-state index in [0.29, 0.717) is 34.0 Å². The molecule has 8 heteroatoms. The molecule has 1 fully saturated rings. The predicted molar refractivity (Wildman–Crippen MR) is 123 cm³/mol. The average Bonchev–Trinajstić information content (AvgIpc) is 2.97. The number of hydrogen-bond acceptors (Lipinski definition) is 5. The maximum absolute atomic E-state index is 12.9. The number of rotatable bonds is 6. The van der Waals surface area contributed by atoms with Gasteiger partial charge in [0.05, 0.1) is 29.3 Å². The molecule has 0 atom stereocenters. The number of likely N-dealkylation sites (N-methyl/N-ethyl adjacent to an activating group) is 1. The third kappa shape index (κ3) is 4.97. The lowest BCUT2D eigenvalue weighted by Gasteiger charge is -2.12. The van der Waals surface area contributed by atoms with E-state index >= 15 is 0 Å². The third-order valence-corrected chi connectivity index (χ3v) is 5.85. The largest absolute Gasteiger partial charge is 0.495 e. The van der Waals surface area contributed by atoms with E-state index in [1.54, 1.807) is 24.2 Å². The molecule has 1 saturated heterocycles. The highest BCUT2D eigenvalue weighted by atomic mass is 79.9. The molecule has 2 aromatic carbocycles. The van der Waals surface area contributed by atoms with Crippen LogP contribution in [0.25, 0.3) is 6.08 Å². The van der Waals surface area contributed by atoms with Crippen LogP contribution >= 0.6 is 39.3 Å². The molecule has 29 heavy (non-hydrogen) atoms. The van der Waals surface area contributed by atoms with E-state index in [4.69, 9.17) is 21.1 Å². The second-order valence-electron chi connectivity index (χ2n) is 5.99. The first-order valence-electron chi connectivity index (χ1n) is 9.02. The van der Waals surface area contributed by atoms with Crippen molar-refractivity contribution in [3.63, 3.8) is 0 Å². The summed E-state index contributed by atoms with van der Waals surface area (Å²) in [5.41, 5.74) is 1.48. The summed E-state index contributed by atoms with van der Waals surface area (Å²) >= 11 is 11.0. The van der Waals surface area contributed by atoms with Gasteiger partial charge in [-0.15, -0.1) is 0 Å². The van der Waals surface area contributed by atoms with Crippen molar-refractivity contribution in [1.82, 2.24) is 4.90 Å². The smallest absolute Gasteiger partial charge is 0.266 e. The summed E-state index contributed by atoms with van der Waals surface area (Å²) in [7, 11) is 1.55. The number of amides is 1. The molecule has 0 saturated carbocycles. The minimum atomic E-state index is -0.0969. The number of carbonyl (C=O) groups excluding carboxylic acids is 1. The molecule has 0 radical (unpaired) electrons. The number of aliphatic imine (C=N–C) groups is 1. The summed E-state index contributed by atoms with van der Waals surface area (Å²) in [6, 6.07) is 11.1. The maximum Gasteiger partial charge on any atom is 0.266 e. The molecule has 0 N–H and O–H groups in total. The Morgan fingerprint density at radius 1 is 1.24 bits per heavy atom. The van der Waals surface area contributed by atoms with E-state index in [-0.39, 0.29) is 5.91 Å². The summed E-state index contributed by atoms with van der Waals surface area (Å²) in [6.07, 6.45) is 1.78. The highest BCUT2D eigenvalue weighted by Gasteiger charge is 2.32. The standard InChI is InChI=1S/C21H20BrClN2O3S/c1-4-25-20(26)18(11-13-10-14(22)12-17(23)19(13)27-3)29-21(25)24-15-6-8-16(9-7-15)28-5-2/h6-12H,4-5H2,1-3H3/b18-11+,24-21?. The van der Waals surface area contributed by atoms with Crippen LogP contribution in [0.2, 0.25) is 5.02 Å². The number of thioether (sulfide) groups is 1. The number of carbonyl (C=O) groups is 1. The molecule has 0 aromatic heterocycles. The zero-order chi connectivity index (χ0) is 21.0. The normalized spacial score (nSPS) is 16.7. The van der Waals surface area contributed by atoms with Gasteiger partial charge >= 0.3 is 0 Å². The Morgan fingerprint density at radius 2 is 1.97 bits per heavy atom. The predicted octanol–water partition coefficient (Wildman–Crippen LogP) is 6.13. The van der Waals surface area contributed by atoms with Gasteiger partial charge in [0.1, 0.15) is 11.5 Å². The van der Waals surface area contributed by atoms with Crippen molar-refractivity contribution >= 4 is 62.1 Å². The van der Waals surface area contributed by atoms with E-state index in [2.05, 4.69) is 20.9 Å². The molecular formula is C21H20BrClN2O3S. The monoisotopic (exact) mass is 494 g/mol. The molecule has 1 aliphatic rings. The lowest BCUT2D eigenvalue weighted by Crippen LogP contribution is -2.28. The van der Waals surface area contributed by atoms with Crippen LogP contribution in [-0.2, 0) is 4.79 Å². The van der Waals surface area contributed by atoms with Gasteiger partial charge < -0.3 is 9.47 Å². The zero-order valence-electron chi connectivity index (χ0n) is 16.2. The van der Waals surface area contributed by atoms with Gasteiger partial charge in [-0.05, 0) is 68.1 Å². The first kappa shape index (κ1) is 21.7. The molecule has 2 aromatic rings. The fourth-order valence-electron chi connectivity index (χ4n) is 2.81. The van der Waals surface area contributed by atoms with Gasteiger partial charge in [-0.25, -0.2) is 4.99 Å². The Hall–Kier alpha value is -1.96. The Morgan fingerprint density at radius 3 is 2.59 bits per heavy atom. The fraction of sp³-hybridized carbons (Fsp3) is 0.238. The van der Waals surface area contributed by atoms with Gasteiger partial charge in [0.25, 0.3) is 5.91 Å². The lowest BCUT2D eigenvalue weighted by atomic mass is 10.2. The van der Waals surface area contributed by atoms with Crippen molar-refractivity contribution in [2.75, 3.05) is 20.3 Å². The molecule has 1 heterocycles. The first-order valence-corrected chi connectivity index (χ1v) is 11.0. The van der Waals surface area contributed by atoms with Crippen LogP contribution in [0.3, 0.4) is 0 Å². The number of nitrogens with zero attached hydrogens (tertiary/aromatic N) is 2. The van der Waals surface area contributed by atoms with Crippen LogP contribution in [0.15, 0.2) is 50.8 Å². The number of methoxy groups -OCH3 is 1. The molecule has 152 valence electrons. The second-order valence-corrected chi connectivity index (χ2v) is 8.32. The van der Waals surface area contributed by atoms with Crippen LogP contribution in [0.1, 0.15) is 19.4 Å². The lowest BCUT2D eigenvalue weighted by molar-refractivity contribution is -0.122. The number of hydrogen-bond donors (Lipinski definition) is 0. The average molecular weight is 496 g/mol. The van der Waals surface area contributed by atoms with Crippen molar-refractivity contribution in [3.05, 3.63) is 56.4 Å².